The summed E-state index contributed by atoms with van der Waals surface area (Å²) < 4.78 is 0. The van der Waals surface area contributed by atoms with Gasteiger partial charge in [-0.15, -0.1) is 0 Å². The lowest BCUT2D eigenvalue weighted by Gasteiger charge is -2.02. The average molecular weight is 118 g/mol. The third kappa shape index (κ3) is 5.39. The van der Waals surface area contributed by atoms with Crippen molar-refractivity contribution in [2.75, 3.05) is 6.61 Å². The molecule has 4 heteroatoms. The molecule has 4 nitrogen and oxygen atoms in total. The van der Waals surface area contributed by atoms with E-state index in [1.54, 1.807) is 6.92 Å². The van der Waals surface area contributed by atoms with Crippen molar-refractivity contribution in [2.24, 2.45) is 5.73 Å². The van der Waals surface area contributed by atoms with E-state index in [-0.39, 0.29) is 6.04 Å². The fourth-order valence-corrected chi connectivity index (χ4v) is 0.214. The molecule has 0 aromatic heterocycles. The number of hydrogen-bond acceptors (Lipinski definition) is 3. The van der Waals surface area contributed by atoms with Crippen LogP contribution in [0.2, 0.25) is 0 Å². The lowest BCUT2D eigenvalue weighted by atomic mass is 10.4. The zero-order valence-electron chi connectivity index (χ0n) is 4.76. The number of hydrogen-bond donors (Lipinski definition) is 2. The molecular formula is C4H10N2O2. The molecule has 0 bridgehead atoms. The quantitative estimate of drug-likeness (QED) is 0.283. The molecule has 0 aliphatic heterocycles. The smallest absolute Gasteiger partial charge is 0.230 e. The van der Waals surface area contributed by atoms with Gasteiger partial charge in [0.25, 0.3) is 0 Å². The molecule has 3 N–H and O–H groups in total. The normalized spacial score (nSPS) is 12.8. The van der Waals surface area contributed by atoms with Crippen molar-refractivity contribution in [3.63, 3.8) is 0 Å². The monoisotopic (exact) mass is 118 g/mol. The number of carbonyl (C=O) groups is 1. The zero-order valence-corrected chi connectivity index (χ0v) is 4.76. The van der Waals surface area contributed by atoms with E-state index in [4.69, 9.17) is 5.73 Å². The van der Waals surface area contributed by atoms with Crippen molar-refractivity contribution in [1.29, 1.82) is 0 Å². The molecular weight excluding hydrogens is 108 g/mol. The van der Waals surface area contributed by atoms with Crippen molar-refractivity contribution in [1.82, 2.24) is 5.48 Å². The van der Waals surface area contributed by atoms with Gasteiger partial charge in [-0.3, -0.25) is 9.63 Å². The van der Waals surface area contributed by atoms with Crippen LogP contribution in [0.1, 0.15) is 6.92 Å². The van der Waals surface area contributed by atoms with Crippen LogP contribution in [0.25, 0.3) is 0 Å². The Hall–Kier alpha value is -0.610. The molecule has 0 aliphatic carbocycles. The SMILES string of the molecule is CC(N)CONC=O. The van der Waals surface area contributed by atoms with E-state index in [9.17, 15) is 4.79 Å². The Balaban J connectivity index is 2.81. The van der Waals surface area contributed by atoms with Crippen LogP contribution in [0.4, 0.5) is 0 Å². The molecule has 0 rings (SSSR count). The first-order chi connectivity index (χ1) is 3.77. The van der Waals surface area contributed by atoms with E-state index >= 15 is 0 Å². The van der Waals surface area contributed by atoms with Crippen LogP contribution in [0.15, 0.2) is 0 Å². The van der Waals surface area contributed by atoms with Crippen LogP contribution in [0, 0.1) is 0 Å². The van der Waals surface area contributed by atoms with Crippen LogP contribution in [-0.4, -0.2) is 19.1 Å². The largest absolute Gasteiger partial charge is 0.326 e. The molecule has 0 fully saturated rings. The van der Waals surface area contributed by atoms with Gasteiger partial charge in [0.2, 0.25) is 6.41 Å². The Morgan fingerprint density at radius 2 is 2.62 bits per heavy atom. The summed E-state index contributed by atoms with van der Waals surface area (Å²) in [4.78, 5) is 14.0. The highest BCUT2D eigenvalue weighted by molar-refractivity contribution is 5.43. The highest BCUT2D eigenvalue weighted by Gasteiger charge is 1.89. The number of nitrogens with one attached hydrogen (secondary N) is 1. The second-order valence-corrected chi connectivity index (χ2v) is 1.52. The number of rotatable bonds is 4. The van der Waals surface area contributed by atoms with E-state index in [0.29, 0.717) is 13.0 Å². The van der Waals surface area contributed by atoms with Crippen molar-refractivity contribution >= 4 is 6.41 Å². The minimum atomic E-state index is -0.0394. The molecule has 1 atom stereocenters. The lowest BCUT2D eigenvalue weighted by molar-refractivity contribution is -0.120. The third-order valence-electron chi connectivity index (χ3n) is 0.478. The van der Waals surface area contributed by atoms with Gasteiger partial charge in [0.15, 0.2) is 0 Å². The topological polar surface area (TPSA) is 64.3 Å². The molecule has 0 spiro atoms. The maximum Gasteiger partial charge on any atom is 0.230 e. The molecule has 0 aliphatic rings. The number of carbonyl (C=O) groups excluding carboxylic acids is 1. The zero-order chi connectivity index (χ0) is 6.41. The highest BCUT2D eigenvalue weighted by Crippen LogP contribution is 1.71. The van der Waals surface area contributed by atoms with E-state index in [1.165, 1.54) is 0 Å². The summed E-state index contributed by atoms with van der Waals surface area (Å²) in [5.74, 6) is 0. The molecule has 0 heterocycles. The Morgan fingerprint density at radius 1 is 2.00 bits per heavy atom. The average Bonchev–Trinajstić information content (AvgIpc) is 1.66. The second kappa shape index (κ2) is 4.55. The summed E-state index contributed by atoms with van der Waals surface area (Å²) >= 11 is 0. The van der Waals surface area contributed by atoms with Gasteiger partial charge < -0.3 is 5.73 Å². The van der Waals surface area contributed by atoms with Gasteiger partial charge in [0.05, 0.1) is 6.61 Å². The van der Waals surface area contributed by atoms with Gasteiger partial charge in [-0.1, -0.05) is 0 Å². The molecule has 0 saturated carbocycles. The van der Waals surface area contributed by atoms with Gasteiger partial charge in [-0.05, 0) is 6.92 Å². The van der Waals surface area contributed by atoms with E-state index in [2.05, 4.69) is 4.84 Å². The minimum Gasteiger partial charge on any atom is -0.326 e. The predicted molar refractivity (Wildman–Crippen MR) is 28.8 cm³/mol. The van der Waals surface area contributed by atoms with Crippen molar-refractivity contribution in [2.45, 2.75) is 13.0 Å². The van der Waals surface area contributed by atoms with Crippen molar-refractivity contribution in [3.8, 4) is 0 Å². The summed E-state index contributed by atoms with van der Waals surface area (Å²) in [6.07, 6.45) is 0.461. The summed E-state index contributed by atoms with van der Waals surface area (Å²) in [7, 11) is 0. The molecule has 0 aromatic rings. The van der Waals surface area contributed by atoms with Crippen molar-refractivity contribution in [3.05, 3.63) is 0 Å². The maximum atomic E-state index is 9.51. The van der Waals surface area contributed by atoms with Gasteiger partial charge >= 0.3 is 0 Å². The lowest BCUT2D eigenvalue weighted by Crippen LogP contribution is -2.26. The van der Waals surface area contributed by atoms with Crippen LogP contribution in [-0.2, 0) is 9.63 Å². The van der Waals surface area contributed by atoms with Crippen LogP contribution >= 0.6 is 0 Å². The molecule has 1 amide bonds. The minimum absolute atomic E-state index is 0.0394. The predicted octanol–water partition coefficient (Wildman–Crippen LogP) is -0.989. The summed E-state index contributed by atoms with van der Waals surface area (Å²) in [6.45, 7) is 2.13. The Kier molecular flexibility index (Phi) is 4.20. The number of hydroxylamine groups is 1. The van der Waals surface area contributed by atoms with Crippen LogP contribution < -0.4 is 11.2 Å². The number of nitrogens with two attached hydrogens (primary N) is 1. The molecule has 0 aromatic carbocycles. The van der Waals surface area contributed by atoms with Crippen molar-refractivity contribution < 1.29 is 9.63 Å². The number of amides is 1. The summed E-state index contributed by atoms with van der Waals surface area (Å²) in [5.41, 5.74) is 7.27. The Labute approximate surface area is 48.0 Å². The fourth-order valence-electron chi connectivity index (χ4n) is 0.214. The van der Waals surface area contributed by atoms with E-state index in [0.717, 1.165) is 0 Å². The third-order valence-corrected chi connectivity index (χ3v) is 0.478. The molecule has 8 heavy (non-hydrogen) atoms. The molecule has 1 unspecified atom stereocenters. The van der Waals surface area contributed by atoms with Crippen LogP contribution in [0.3, 0.4) is 0 Å². The summed E-state index contributed by atoms with van der Waals surface area (Å²) in [5, 5.41) is 0. The first-order valence-electron chi connectivity index (χ1n) is 2.34. The van der Waals surface area contributed by atoms with E-state index < -0.39 is 0 Å². The van der Waals surface area contributed by atoms with Gasteiger partial charge in [0.1, 0.15) is 0 Å². The maximum absolute atomic E-state index is 9.51. The highest BCUT2D eigenvalue weighted by atomic mass is 16.6. The summed E-state index contributed by atoms with van der Waals surface area (Å²) in [6, 6.07) is -0.0394. The van der Waals surface area contributed by atoms with E-state index in [1.807, 2.05) is 5.48 Å². The fraction of sp³-hybridized carbons (Fsp3) is 0.750. The van der Waals surface area contributed by atoms with Gasteiger partial charge in [-0.25, -0.2) is 5.48 Å². The molecule has 0 radical (unpaired) electrons. The first-order valence-corrected chi connectivity index (χ1v) is 2.34. The first kappa shape index (κ1) is 7.39. The molecule has 48 valence electrons. The standard InChI is InChI=1S/C4H10N2O2/c1-4(5)2-8-6-3-7/h3-4H,2,5H2,1H3,(H,6,7). The van der Waals surface area contributed by atoms with Crippen LogP contribution in [0.5, 0.6) is 0 Å². The Morgan fingerprint density at radius 3 is 3.00 bits per heavy atom. The Bertz CT molecular complexity index is 65.1. The second-order valence-electron chi connectivity index (χ2n) is 1.52. The molecule has 0 saturated heterocycles. The van der Waals surface area contributed by atoms with Gasteiger partial charge in [-0.2, -0.15) is 0 Å². The van der Waals surface area contributed by atoms with Gasteiger partial charge in [0, 0.05) is 6.04 Å².